The van der Waals surface area contributed by atoms with Crippen molar-refractivity contribution < 1.29 is 28.5 Å². The van der Waals surface area contributed by atoms with E-state index in [-0.39, 0.29) is 29.8 Å². The van der Waals surface area contributed by atoms with E-state index < -0.39 is 6.04 Å². The number of esters is 1. The number of likely N-dealkylation sites (tertiary alicyclic amines) is 1. The maximum Gasteiger partial charge on any atom is 0.329 e. The Bertz CT molecular complexity index is 809. The van der Waals surface area contributed by atoms with E-state index in [1.807, 2.05) is 26.0 Å². The average molecular weight is 476 g/mol. The summed E-state index contributed by atoms with van der Waals surface area (Å²) in [6.45, 7) is 4.46. The van der Waals surface area contributed by atoms with Crippen molar-refractivity contribution in [2.75, 3.05) is 27.9 Å². The van der Waals surface area contributed by atoms with Gasteiger partial charge < -0.3 is 23.8 Å². The molecule has 1 heterocycles. The van der Waals surface area contributed by atoms with Crippen LogP contribution < -0.4 is 14.2 Å². The van der Waals surface area contributed by atoms with Crippen molar-refractivity contribution in [1.82, 2.24) is 4.90 Å². The largest absolute Gasteiger partial charge is 0.493 e. The number of piperidine rings is 1. The van der Waals surface area contributed by atoms with Gasteiger partial charge in [-0.2, -0.15) is 0 Å². The number of rotatable bonds is 9. The van der Waals surface area contributed by atoms with Crippen LogP contribution in [0.5, 0.6) is 17.2 Å². The number of hydrogen-bond donors (Lipinski definition) is 0. The first-order chi connectivity index (χ1) is 16.4. The van der Waals surface area contributed by atoms with Crippen LogP contribution in [-0.4, -0.2) is 56.8 Å². The minimum Gasteiger partial charge on any atom is -0.493 e. The minimum absolute atomic E-state index is 0.00646. The Balaban J connectivity index is 2.00. The molecule has 3 rings (SSSR count). The summed E-state index contributed by atoms with van der Waals surface area (Å²) in [6.07, 6.45) is 8.45. The summed E-state index contributed by atoms with van der Waals surface area (Å²) >= 11 is 0. The molecule has 1 aliphatic heterocycles. The van der Waals surface area contributed by atoms with Gasteiger partial charge in [-0.05, 0) is 69.1 Å². The molecule has 1 aliphatic carbocycles. The van der Waals surface area contributed by atoms with Crippen molar-refractivity contribution in [1.29, 1.82) is 0 Å². The fourth-order valence-electron chi connectivity index (χ4n) is 5.34. The van der Waals surface area contributed by atoms with Gasteiger partial charge in [0, 0.05) is 6.54 Å². The third kappa shape index (κ3) is 5.78. The van der Waals surface area contributed by atoms with E-state index >= 15 is 0 Å². The predicted octanol–water partition coefficient (Wildman–Crippen LogP) is 5.10. The maximum absolute atomic E-state index is 14.2. The fraction of sp³-hybridized carbons (Fsp3) is 0.704. The van der Waals surface area contributed by atoms with E-state index in [0.717, 1.165) is 50.5 Å². The molecule has 0 spiro atoms. The normalized spacial score (nSPS) is 20.9. The zero-order chi connectivity index (χ0) is 24.7. The van der Waals surface area contributed by atoms with Crippen LogP contribution in [0.25, 0.3) is 0 Å². The smallest absolute Gasteiger partial charge is 0.329 e. The average Bonchev–Trinajstić information content (AvgIpc) is 2.88. The van der Waals surface area contributed by atoms with E-state index in [0.29, 0.717) is 30.2 Å². The first-order valence-electron chi connectivity index (χ1n) is 12.8. The number of hydrogen-bond acceptors (Lipinski definition) is 6. The third-order valence-corrected chi connectivity index (χ3v) is 7.38. The summed E-state index contributed by atoms with van der Waals surface area (Å²) in [7, 11) is 4.75. The second-order valence-corrected chi connectivity index (χ2v) is 9.53. The molecule has 0 radical (unpaired) electrons. The van der Waals surface area contributed by atoms with Crippen molar-refractivity contribution >= 4 is 11.9 Å². The Labute approximate surface area is 204 Å². The molecule has 1 saturated heterocycles. The molecule has 3 atom stereocenters. The predicted molar refractivity (Wildman–Crippen MR) is 131 cm³/mol. The number of methoxy groups -OCH3 is 3. The summed E-state index contributed by atoms with van der Waals surface area (Å²) in [5.74, 6) is 1.15. The van der Waals surface area contributed by atoms with Crippen molar-refractivity contribution in [2.45, 2.75) is 89.7 Å². The van der Waals surface area contributed by atoms with Crippen LogP contribution in [0.15, 0.2) is 12.1 Å². The molecule has 1 amide bonds. The molecule has 1 aromatic carbocycles. The molecule has 0 bridgehead atoms. The lowest BCUT2D eigenvalue weighted by Gasteiger charge is -2.39. The van der Waals surface area contributed by atoms with Crippen molar-refractivity contribution in [3.8, 4) is 17.2 Å². The van der Waals surface area contributed by atoms with E-state index in [2.05, 4.69) is 0 Å². The first kappa shape index (κ1) is 26.2. The number of nitrogens with zero attached hydrogens (tertiary/aromatic N) is 1. The van der Waals surface area contributed by atoms with Crippen LogP contribution in [0.1, 0.15) is 83.1 Å². The second kappa shape index (κ2) is 12.3. The molecule has 2 fully saturated rings. The molecule has 190 valence electrons. The second-order valence-electron chi connectivity index (χ2n) is 9.53. The van der Waals surface area contributed by atoms with Crippen LogP contribution >= 0.6 is 0 Å². The highest BCUT2D eigenvalue weighted by Gasteiger charge is 2.41. The van der Waals surface area contributed by atoms with Gasteiger partial charge >= 0.3 is 5.97 Å². The summed E-state index contributed by atoms with van der Waals surface area (Å²) < 4.78 is 22.4. The number of carbonyl (C=O) groups excluding carboxylic acids is 2. The van der Waals surface area contributed by atoms with Gasteiger partial charge in [0.05, 0.1) is 33.4 Å². The number of benzene rings is 1. The zero-order valence-corrected chi connectivity index (χ0v) is 21.4. The van der Waals surface area contributed by atoms with E-state index in [1.165, 1.54) is 6.42 Å². The van der Waals surface area contributed by atoms with E-state index in [4.69, 9.17) is 18.9 Å². The minimum atomic E-state index is -0.525. The molecular weight excluding hydrogens is 434 g/mol. The van der Waals surface area contributed by atoms with Crippen molar-refractivity contribution in [3.05, 3.63) is 17.7 Å². The summed E-state index contributed by atoms with van der Waals surface area (Å²) in [5.41, 5.74) is 0.853. The van der Waals surface area contributed by atoms with Gasteiger partial charge in [0.2, 0.25) is 11.7 Å². The van der Waals surface area contributed by atoms with Crippen LogP contribution in [0.4, 0.5) is 0 Å². The Hall–Kier alpha value is -2.44. The quantitative estimate of drug-likeness (QED) is 0.463. The highest BCUT2D eigenvalue weighted by molar-refractivity contribution is 5.89. The van der Waals surface area contributed by atoms with Gasteiger partial charge in [-0.25, -0.2) is 4.79 Å². The number of amides is 1. The monoisotopic (exact) mass is 475 g/mol. The molecule has 1 saturated carbocycles. The van der Waals surface area contributed by atoms with Crippen LogP contribution in [-0.2, 0) is 14.3 Å². The summed E-state index contributed by atoms with van der Waals surface area (Å²) in [4.78, 5) is 29.0. The lowest BCUT2D eigenvalue weighted by atomic mass is 9.75. The molecule has 1 unspecified atom stereocenters. The van der Waals surface area contributed by atoms with Gasteiger partial charge in [-0.1, -0.05) is 26.2 Å². The lowest BCUT2D eigenvalue weighted by Crippen LogP contribution is -2.51. The summed E-state index contributed by atoms with van der Waals surface area (Å²) in [6, 6.07) is 3.27. The molecule has 7 heteroatoms. The molecular formula is C27H41NO6. The van der Waals surface area contributed by atoms with E-state index in [1.54, 1.807) is 26.2 Å². The zero-order valence-electron chi connectivity index (χ0n) is 21.4. The molecule has 34 heavy (non-hydrogen) atoms. The number of carbonyl (C=O) groups is 2. The Morgan fingerprint density at radius 3 is 2.12 bits per heavy atom. The highest BCUT2D eigenvalue weighted by Crippen LogP contribution is 2.45. The molecule has 1 aromatic rings. The Morgan fingerprint density at radius 1 is 0.941 bits per heavy atom. The SMILES string of the molecule is CC[C@@H](C)OC(=O)[C@@H]1CCCCN1C(=O)C(c1cc(OC)c(OC)c(OC)c1)C1CCCCC1. The topological polar surface area (TPSA) is 74.3 Å². The lowest BCUT2D eigenvalue weighted by molar-refractivity contribution is -0.161. The first-order valence-corrected chi connectivity index (χ1v) is 12.8. The van der Waals surface area contributed by atoms with Crippen LogP contribution in [0, 0.1) is 5.92 Å². The third-order valence-electron chi connectivity index (χ3n) is 7.38. The molecule has 7 nitrogen and oxygen atoms in total. The van der Waals surface area contributed by atoms with Crippen molar-refractivity contribution in [2.24, 2.45) is 5.92 Å². The molecule has 0 N–H and O–H groups in total. The van der Waals surface area contributed by atoms with Gasteiger partial charge in [-0.3, -0.25) is 4.79 Å². The maximum atomic E-state index is 14.2. The Kier molecular flexibility index (Phi) is 9.48. The van der Waals surface area contributed by atoms with Gasteiger partial charge in [0.1, 0.15) is 6.04 Å². The molecule has 0 aromatic heterocycles. The van der Waals surface area contributed by atoms with Gasteiger partial charge in [-0.15, -0.1) is 0 Å². The number of ether oxygens (including phenoxy) is 4. The van der Waals surface area contributed by atoms with Gasteiger partial charge in [0.25, 0.3) is 0 Å². The van der Waals surface area contributed by atoms with E-state index in [9.17, 15) is 9.59 Å². The van der Waals surface area contributed by atoms with Gasteiger partial charge in [0.15, 0.2) is 11.5 Å². The Morgan fingerprint density at radius 2 is 1.56 bits per heavy atom. The van der Waals surface area contributed by atoms with Crippen molar-refractivity contribution in [3.63, 3.8) is 0 Å². The van der Waals surface area contributed by atoms with Crippen LogP contribution in [0.3, 0.4) is 0 Å². The van der Waals surface area contributed by atoms with Crippen LogP contribution in [0.2, 0.25) is 0 Å². The standard InChI is InChI=1S/C27H41NO6/c1-6-18(2)34-27(30)21-14-10-11-15-28(21)26(29)24(19-12-8-7-9-13-19)20-16-22(31-3)25(33-5)23(17-20)32-4/h16-19,21,24H,6-15H2,1-5H3/t18-,21+,24?/m1/s1. The summed E-state index contributed by atoms with van der Waals surface area (Å²) in [5, 5.41) is 0. The fourth-order valence-corrected chi connectivity index (χ4v) is 5.34. The molecule has 2 aliphatic rings. The highest BCUT2D eigenvalue weighted by atomic mass is 16.5.